The highest BCUT2D eigenvalue weighted by Crippen LogP contribution is 2.37. The van der Waals surface area contributed by atoms with Gasteiger partial charge in [-0.15, -0.1) is 24.8 Å². The van der Waals surface area contributed by atoms with Gasteiger partial charge < -0.3 is 15.5 Å². The summed E-state index contributed by atoms with van der Waals surface area (Å²) in [5, 5.41) is 8.60. The average Bonchev–Trinajstić information content (AvgIpc) is 3.02. The highest BCUT2D eigenvalue weighted by Gasteiger charge is 2.47. The third kappa shape index (κ3) is 4.37. The van der Waals surface area contributed by atoms with Gasteiger partial charge in [0.1, 0.15) is 6.04 Å². The van der Waals surface area contributed by atoms with E-state index < -0.39 is 29.7 Å². The number of amides is 5. The van der Waals surface area contributed by atoms with Crippen LogP contribution in [-0.4, -0.2) is 78.1 Å². The fourth-order valence-electron chi connectivity index (χ4n) is 5.18. The minimum atomic E-state index is -1.02. The van der Waals surface area contributed by atoms with Gasteiger partial charge in [0.25, 0.3) is 11.8 Å². The van der Waals surface area contributed by atoms with Crippen molar-refractivity contribution in [3.63, 3.8) is 0 Å². The Morgan fingerprint density at radius 2 is 1.88 bits per heavy atom. The van der Waals surface area contributed by atoms with Crippen molar-refractivity contribution < 1.29 is 24.0 Å². The predicted octanol–water partition coefficient (Wildman–Crippen LogP) is 0.555. The van der Waals surface area contributed by atoms with Crippen LogP contribution in [0.5, 0.6) is 0 Å². The van der Waals surface area contributed by atoms with Gasteiger partial charge in [-0.1, -0.05) is 6.07 Å². The van der Waals surface area contributed by atoms with Gasteiger partial charge in [-0.3, -0.25) is 34.2 Å². The molecule has 34 heavy (non-hydrogen) atoms. The lowest BCUT2D eigenvalue weighted by Gasteiger charge is -2.52. The minimum absolute atomic E-state index is 0. The number of benzene rings is 1. The Bertz CT molecular complexity index is 1030. The van der Waals surface area contributed by atoms with E-state index in [1.165, 1.54) is 6.07 Å². The normalized spacial score (nSPS) is 22.9. The number of hydrogen-bond donors (Lipinski definition) is 3. The Hall–Kier alpha value is -2.69. The number of halogens is 2. The summed E-state index contributed by atoms with van der Waals surface area (Å²) in [7, 11) is 0. The fraction of sp³-hybridized carbons (Fsp3) is 0.500. The van der Waals surface area contributed by atoms with Crippen molar-refractivity contribution in [2.24, 2.45) is 5.41 Å². The molecule has 0 radical (unpaired) electrons. The average molecular weight is 512 g/mol. The molecule has 4 heterocycles. The Morgan fingerprint density at radius 1 is 1.12 bits per heavy atom. The van der Waals surface area contributed by atoms with Crippen molar-refractivity contribution in [2.45, 2.75) is 31.7 Å². The number of anilines is 1. The van der Waals surface area contributed by atoms with Gasteiger partial charge >= 0.3 is 0 Å². The van der Waals surface area contributed by atoms with Crippen LogP contribution in [0.25, 0.3) is 0 Å². The maximum Gasteiger partial charge on any atom is 0.264 e. The first kappa shape index (κ1) is 25.9. The molecule has 12 heteroatoms. The second-order valence-corrected chi connectivity index (χ2v) is 9.06. The smallest absolute Gasteiger partial charge is 0.264 e. The summed E-state index contributed by atoms with van der Waals surface area (Å²) in [5.41, 5.74) is 0.922. The first-order valence-corrected chi connectivity index (χ1v) is 11.0. The molecule has 0 bridgehead atoms. The van der Waals surface area contributed by atoms with Gasteiger partial charge in [-0.25, -0.2) is 0 Å². The van der Waals surface area contributed by atoms with Crippen LogP contribution in [0.3, 0.4) is 0 Å². The Kier molecular flexibility index (Phi) is 7.54. The molecule has 1 spiro atoms. The van der Waals surface area contributed by atoms with E-state index in [2.05, 4.69) is 16.0 Å². The molecule has 5 rings (SSSR count). The first-order valence-electron chi connectivity index (χ1n) is 11.0. The number of fused-ring (bicyclic) bond motifs is 1. The lowest BCUT2D eigenvalue weighted by Crippen LogP contribution is -2.64. The van der Waals surface area contributed by atoms with Crippen LogP contribution in [0, 0.1) is 5.41 Å². The standard InChI is InChI=1S/C22H25N5O5.2ClH/c28-16-6-5-15(19(30)25-16)27-20(31)13-3-1-4-14(18(13)21(27)32)24-9-17(29)26-11-22(12-26)7-2-8-23-10-22;;/h1,3-4,15,23-24H,2,5-12H2,(H,25,28,30);2*1H. The number of nitrogens with zero attached hydrogens (tertiary/aromatic N) is 2. The van der Waals surface area contributed by atoms with Crippen molar-refractivity contribution in [3.05, 3.63) is 29.3 Å². The number of carbonyl (C=O) groups excluding carboxylic acids is 5. The molecule has 184 valence electrons. The largest absolute Gasteiger partial charge is 0.375 e. The van der Waals surface area contributed by atoms with E-state index in [-0.39, 0.29) is 66.6 Å². The second-order valence-electron chi connectivity index (χ2n) is 9.06. The molecule has 0 aliphatic carbocycles. The first-order chi connectivity index (χ1) is 15.4. The zero-order valence-corrected chi connectivity index (χ0v) is 20.1. The van der Waals surface area contributed by atoms with Gasteiger partial charge in [0.15, 0.2) is 0 Å². The summed E-state index contributed by atoms with van der Waals surface area (Å²) in [6, 6.07) is 3.80. The van der Waals surface area contributed by atoms with E-state index in [1.807, 2.05) is 4.90 Å². The number of likely N-dealkylation sites (tertiary alicyclic amines) is 1. The molecule has 1 aromatic carbocycles. The van der Waals surface area contributed by atoms with Gasteiger partial charge in [0, 0.05) is 37.2 Å². The molecule has 3 fully saturated rings. The van der Waals surface area contributed by atoms with Gasteiger partial charge in [-0.2, -0.15) is 0 Å². The van der Waals surface area contributed by atoms with Crippen LogP contribution in [-0.2, 0) is 14.4 Å². The van der Waals surface area contributed by atoms with E-state index >= 15 is 0 Å². The van der Waals surface area contributed by atoms with Crippen LogP contribution < -0.4 is 16.0 Å². The molecule has 1 aromatic rings. The van der Waals surface area contributed by atoms with Crippen molar-refractivity contribution in [1.29, 1.82) is 0 Å². The molecule has 0 saturated carbocycles. The van der Waals surface area contributed by atoms with Gasteiger partial charge in [0.05, 0.1) is 17.7 Å². The lowest BCUT2D eigenvalue weighted by atomic mass is 9.74. The molecule has 10 nitrogen and oxygen atoms in total. The van der Waals surface area contributed by atoms with Gasteiger partial charge in [-0.05, 0) is 37.9 Å². The van der Waals surface area contributed by atoms with Gasteiger partial charge in [0.2, 0.25) is 17.7 Å². The second kappa shape index (κ2) is 9.89. The maximum absolute atomic E-state index is 13.1. The van der Waals surface area contributed by atoms with Crippen LogP contribution in [0.15, 0.2) is 18.2 Å². The molecule has 3 N–H and O–H groups in total. The number of carbonyl (C=O) groups is 5. The Labute approximate surface area is 209 Å². The highest BCUT2D eigenvalue weighted by molar-refractivity contribution is 6.25. The quantitative estimate of drug-likeness (QED) is 0.503. The third-order valence-corrected chi connectivity index (χ3v) is 6.86. The van der Waals surface area contributed by atoms with Crippen LogP contribution >= 0.6 is 24.8 Å². The van der Waals surface area contributed by atoms with Crippen LogP contribution in [0.1, 0.15) is 46.4 Å². The van der Waals surface area contributed by atoms with Crippen molar-refractivity contribution in [1.82, 2.24) is 20.4 Å². The topological polar surface area (TPSA) is 128 Å². The fourth-order valence-corrected chi connectivity index (χ4v) is 5.18. The van der Waals surface area contributed by atoms with E-state index in [0.29, 0.717) is 5.69 Å². The summed E-state index contributed by atoms with van der Waals surface area (Å²) in [5.74, 6) is -2.28. The summed E-state index contributed by atoms with van der Waals surface area (Å²) >= 11 is 0. The molecule has 4 aliphatic heterocycles. The minimum Gasteiger partial charge on any atom is -0.375 e. The molecule has 1 atom stereocenters. The van der Waals surface area contributed by atoms with Crippen LogP contribution in [0.2, 0.25) is 0 Å². The number of rotatable bonds is 4. The number of hydrogen-bond acceptors (Lipinski definition) is 7. The van der Waals surface area contributed by atoms with E-state index in [1.54, 1.807) is 12.1 Å². The van der Waals surface area contributed by atoms with Crippen molar-refractivity contribution in [2.75, 3.05) is 38.0 Å². The third-order valence-electron chi connectivity index (χ3n) is 6.86. The molecule has 4 aliphatic rings. The number of imide groups is 2. The predicted molar refractivity (Wildman–Crippen MR) is 127 cm³/mol. The SMILES string of the molecule is Cl.Cl.O=C1CCC(N2C(=O)c3cccc(NCC(=O)N4CC5(CCCNC5)C4)c3C2=O)C(=O)N1. The summed E-state index contributed by atoms with van der Waals surface area (Å²) < 4.78 is 0. The zero-order chi connectivity index (χ0) is 22.5. The monoisotopic (exact) mass is 511 g/mol. The van der Waals surface area contributed by atoms with Crippen LogP contribution in [0.4, 0.5) is 5.69 Å². The lowest BCUT2D eigenvalue weighted by molar-refractivity contribution is -0.142. The maximum atomic E-state index is 13.1. The Morgan fingerprint density at radius 3 is 2.56 bits per heavy atom. The molecule has 5 amide bonds. The van der Waals surface area contributed by atoms with Crippen molar-refractivity contribution >= 4 is 60.0 Å². The van der Waals surface area contributed by atoms with E-state index in [9.17, 15) is 24.0 Å². The summed E-state index contributed by atoms with van der Waals surface area (Å²) in [6.45, 7) is 3.43. The van der Waals surface area contributed by atoms with E-state index in [0.717, 1.165) is 43.9 Å². The number of piperidine rings is 2. The molecule has 0 aromatic heterocycles. The number of nitrogens with one attached hydrogen (secondary N) is 3. The van der Waals surface area contributed by atoms with E-state index in [4.69, 9.17) is 0 Å². The highest BCUT2D eigenvalue weighted by atomic mass is 35.5. The molecule has 1 unspecified atom stereocenters. The molecule has 3 saturated heterocycles. The van der Waals surface area contributed by atoms with Crippen molar-refractivity contribution in [3.8, 4) is 0 Å². The zero-order valence-electron chi connectivity index (χ0n) is 18.4. The Balaban J connectivity index is 0.00000162. The summed E-state index contributed by atoms with van der Waals surface area (Å²) in [6.07, 6.45) is 2.41. The molecular formula is C22H27Cl2N5O5. The summed E-state index contributed by atoms with van der Waals surface area (Å²) in [4.78, 5) is 65.0. The molecular weight excluding hydrogens is 485 g/mol.